The third-order valence-electron chi connectivity index (χ3n) is 18.9. The SMILES string of the molecule is CCc1cccc2cccc(-c3ncc4c(N5CC6CCC(C5)N6)nc(OC[C@]56CCCN5[C@@H](CN5CCN(c7cc([C@H](C(=O)N8C[C@H](O)C[C@H]8C(=O)N[C@@H](C)c8ccc(-c9scnc9C)cc8)C(C)C)on7)CC5)CC6)nc4c3F)c12. The van der Waals surface area contributed by atoms with Crippen molar-refractivity contribution in [2.45, 2.75) is 134 Å². The van der Waals surface area contributed by atoms with E-state index in [4.69, 9.17) is 24.2 Å². The Morgan fingerprint density at radius 1 is 0.939 bits per heavy atom. The van der Waals surface area contributed by atoms with Gasteiger partial charge in [-0.15, -0.1) is 11.3 Å². The van der Waals surface area contributed by atoms with Gasteiger partial charge < -0.3 is 39.7 Å². The Morgan fingerprint density at radius 2 is 1.72 bits per heavy atom. The number of hydrogen-bond acceptors (Lipinski definition) is 16. The summed E-state index contributed by atoms with van der Waals surface area (Å²) in [6, 6.07) is 22.4. The van der Waals surface area contributed by atoms with Gasteiger partial charge in [-0.25, -0.2) is 9.37 Å². The molecule has 0 aliphatic carbocycles. The van der Waals surface area contributed by atoms with Gasteiger partial charge >= 0.3 is 6.01 Å². The summed E-state index contributed by atoms with van der Waals surface area (Å²) in [6.45, 7) is 17.2. The van der Waals surface area contributed by atoms with E-state index in [1.165, 1.54) is 4.90 Å². The van der Waals surface area contributed by atoms with E-state index in [9.17, 15) is 14.7 Å². The maximum atomic E-state index is 17.4. The van der Waals surface area contributed by atoms with Gasteiger partial charge in [0, 0.05) is 94.7 Å². The van der Waals surface area contributed by atoms with Crippen LogP contribution in [0.25, 0.3) is 43.4 Å². The Bertz CT molecular complexity index is 3480. The summed E-state index contributed by atoms with van der Waals surface area (Å²) in [6.07, 6.45) is 8.30. The Labute approximate surface area is 482 Å². The minimum atomic E-state index is -0.822. The van der Waals surface area contributed by atoms with Gasteiger partial charge in [-0.3, -0.25) is 24.4 Å². The molecule has 13 rings (SSSR count). The zero-order valence-electron chi connectivity index (χ0n) is 47.7. The van der Waals surface area contributed by atoms with Crippen molar-refractivity contribution in [3.63, 3.8) is 0 Å². The van der Waals surface area contributed by atoms with Crippen LogP contribution in [0.3, 0.4) is 0 Å². The predicted molar refractivity (Wildman–Crippen MR) is 317 cm³/mol. The van der Waals surface area contributed by atoms with E-state index in [1.54, 1.807) is 17.5 Å². The summed E-state index contributed by atoms with van der Waals surface area (Å²) in [7, 11) is 0. The van der Waals surface area contributed by atoms with E-state index >= 15 is 4.39 Å². The minimum Gasteiger partial charge on any atom is -0.461 e. The molecule has 6 aliphatic rings. The number of halogens is 1. The molecular formula is C63H75FN12O5S. The molecule has 3 aromatic carbocycles. The van der Waals surface area contributed by atoms with Crippen LogP contribution in [0, 0.1) is 18.7 Å². The van der Waals surface area contributed by atoms with Crippen LogP contribution >= 0.6 is 11.3 Å². The topological polar surface area (TPSA) is 181 Å². The van der Waals surface area contributed by atoms with Gasteiger partial charge in [0.25, 0.3) is 0 Å². The molecule has 10 heterocycles. The van der Waals surface area contributed by atoms with Gasteiger partial charge in [-0.05, 0) is 98.7 Å². The molecule has 4 aromatic heterocycles. The highest BCUT2D eigenvalue weighted by Gasteiger charge is 2.51. The number of carbonyl (C=O) groups is 2. The number of hydrogen-bond donors (Lipinski definition) is 3. The fourth-order valence-electron chi connectivity index (χ4n) is 14.5. The van der Waals surface area contributed by atoms with E-state index in [-0.39, 0.29) is 59.5 Å². The number of nitrogens with zero attached hydrogens (tertiary/aromatic N) is 10. The normalized spacial score (nSPS) is 24.7. The number of amides is 2. The molecule has 0 radical (unpaired) electrons. The number of ether oxygens (including phenoxy) is 1. The first-order chi connectivity index (χ1) is 39.8. The van der Waals surface area contributed by atoms with Gasteiger partial charge in [0.1, 0.15) is 35.6 Å². The van der Waals surface area contributed by atoms with Gasteiger partial charge in [-0.1, -0.05) is 86.6 Å². The lowest BCUT2D eigenvalue weighted by Gasteiger charge is -2.39. The van der Waals surface area contributed by atoms with E-state index in [0.29, 0.717) is 47.5 Å². The summed E-state index contributed by atoms with van der Waals surface area (Å²) in [5.41, 5.74) is 7.12. The molecule has 2 amide bonds. The average molecular weight is 1130 g/mol. The fraction of sp³-hybridized carbons (Fsp3) is 0.508. The number of aliphatic hydroxyl groups is 1. The molecule has 2 bridgehead atoms. The molecule has 6 saturated heterocycles. The van der Waals surface area contributed by atoms with Crippen molar-refractivity contribution in [2.75, 3.05) is 75.3 Å². The molecule has 6 aliphatic heterocycles. The summed E-state index contributed by atoms with van der Waals surface area (Å²) >= 11 is 1.60. The van der Waals surface area contributed by atoms with Gasteiger partial charge in [0.2, 0.25) is 11.8 Å². The Balaban J connectivity index is 0.655. The molecule has 430 valence electrons. The third-order valence-corrected chi connectivity index (χ3v) is 19.8. The highest BCUT2D eigenvalue weighted by atomic mass is 32.1. The lowest BCUT2D eigenvalue weighted by atomic mass is 9.91. The van der Waals surface area contributed by atoms with Crippen molar-refractivity contribution in [2.24, 2.45) is 5.92 Å². The molecule has 2 unspecified atom stereocenters. The molecule has 19 heteroatoms. The highest BCUT2D eigenvalue weighted by Crippen LogP contribution is 2.44. The number of fused-ring (bicyclic) bond motifs is 5. The van der Waals surface area contributed by atoms with Crippen molar-refractivity contribution < 1.29 is 28.3 Å². The summed E-state index contributed by atoms with van der Waals surface area (Å²) in [5, 5.41) is 24.9. The highest BCUT2D eigenvalue weighted by molar-refractivity contribution is 7.13. The van der Waals surface area contributed by atoms with E-state index in [1.807, 2.05) is 75.7 Å². The average Bonchev–Trinajstić information content (AvgIpc) is 4.32. The predicted octanol–water partition coefficient (Wildman–Crippen LogP) is 8.68. The second kappa shape index (κ2) is 22.5. The second-order valence-corrected chi connectivity index (χ2v) is 25.2. The van der Waals surface area contributed by atoms with Crippen LogP contribution in [0.15, 0.2) is 83.0 Å². The molecule has 0 saturated carbocycles. The summed E-state index contributed by atoms with van der Waals surface area (Å²) in [4.78, 5) is 60.1. The zero-order valence-corrected chi connectivity index (χ0v) is 48.5. The number of likely N-dealkylation sites (tertiary alicyclic amines) is 1. The second-order valence-electron chi connectivity index (χ2n) is 24.3. The van der Waals surface area contributed by atoms with Crippen LogP contribution in [0.2, 0.25) is 0 Å². The first kappa shape index (κ1) is 54.6. The Hall–Kier alpha value is -6.64. The molecule has 0 spiro atoms. The molecule has 3 N–H and O–H groups in total. The van der Waals surface area contributed by atoms with Crippen LogP contribution < -0.4 is 25.2 Å². The monoisotopic (exact) mass is 1130 g/mol. The van der Waals surface area contributed by atoms with Crippen molar-refractivity contribution >= 4 is 56.5 Å². The van der Waals surface area contributed by atoms with Crippen LogP contribution in [-0.4, -0.2) is 158 Å². The molecule has 7 aromatic rings. The number of carbonyl (C=O) groups excluding carboxylic acids is 2. The number of rotatable bonds is 16. The van der Waals surface area contributed by atoms with Crippen LogP contribution in [0.1, 0.15) is 107 Å². The number of pyridine rings is 1. The molecule has 82 heavy (non-hydrogen) atoms. The van der Waals surface area contributed by atoms with Gasteiger partial charge in [0.15, 0.2) is 17.4 Å². The summed E-state index contributed by atoms with van der Waals surface area (Å²) < 4.78 is 30.1. The first-order valence-corrected chi connectivity index (χ1v) is 30.7. The maximum absolute atomic E-state index is 17.4. The van der Waals surface area contributed by atoms with E-state index in [2.05, 4.69) is 71.6 Å². The number of nitrogens with one attached hydrogen (secondary N) is 2. The number of piperazine rings is 2. The number of aliphatic hydroxyl groups excluding tert-OH is 1. The molecular weight excluding hydrogens is 1060 g/mol. The van der Waals surface area contributed by atoms with Gasteiger partial charge in [-0.2, -0.15) is 9.97 Å². The largest absolute Gasteiger partial charge is 0.461 e. The zero-order chi connectivity index (χ0) is 56.4. The van der Waals surface area contributed by atoms with Crippen molar-refractivity contribution in [1.82, 2.24) is 50.4 Å². The number of thiazole rings is 1. The number of anilines is 2. The fourth-order valence-corrected chi connectivity index (χ4v) is 15.4. The Morgan fingerprint density at radius 3 is 2.46 bits per heavy atom. The smallest absolute Gasteiger partial charge is 0.319 e. The minimum absolute atomic E-state index is 0.0674. The third kappa shape index (κ3) is 10.3. The molecule has 6 fully saturated rings. The van der Waals surface area contributed by atoms with Crippen molar-refractivity contribution in [3.05, 3.63) is 107 Å². The number of aryl methyl sites for hydroxylation is 2. The Kier molecular flexibility index (Phi) is 15.0. The molecule has 8 atom stereocenters. The van der Waals surface area contributed by atoms with Crippen LogP contribution in [-0.2, 0) is 16.0 Å². The lowest BCUT2D eigenvalue weighted by molar-refractivity contribution is -0.141. The van der Waals surface area contributed by atoms with Crippen LogP contribution in [0.4, 0.5) is 16.0 Å². The summed E-state index contributed by atoms with van der Waals surface area (Å²) in [5.74, 6) is -0.00605. The van der Waals surface area contributed by atoms with Gasteiger partial charge in [0.05, 0.1) is 39.2 Å². The number of benzene rings is 3. The van der Waals surface area contributed by atoms with Crippen molar-refractivity contribution in [1.29, 1.82) is 0 Å². The van der Waals surface area contributed by atoms with Crippen molar-refractivity contribution in [3.8, 4) is 27.7 Å². The first-order valence-electron chi connectivity index (χ1n) is 29.8. The molecule has 17 nitrogen and oxygen atoms in total. The lowest BCUT2D eigenvalue weighted by Crippen LogP contribution is -2.53. The number of aromatic nitrogens is 5. The standard InChI is InChI=1S/C63H75FN12O5S/c1-6-40-10-7-11-42-12-8-13-48(54(40)42)56-55(64)57-49(30-65-56)59(74-31-44-18-19-45(32-74)68-44)70-62(69-57)80-35-63-21-9-23-76(63)46(20-22-63)33-72-24-26-73(27-25-72)52-29-51(81-71-52)53(37(2)3)61(79)75-34-47(77)28-50(75)60(78)67-38(4)41-14-16-43(17-15-41)58-39(5)66-36-82-58/h7-8,10-17,29-30,36-38,44-47,50,53,68,77H,6,9,18-28,31-35H2,1-5H3,(H,67,78)/t38-,44?,45?,46+,47+,50-,53+,63+/m0/s1. The van der Waals surface area contributed by atoms with E-state index in [0.717, 1.165) is 141 Å². The number of β-amino-alcohol motifs (C(OH)–C–C–N with tert-alkyl or cyclic N) is 1. The quantitative estimate of drug-likeness (QED) is 0.0836. The maximum Gasteiger partial charge on any atom is 0.319 e. The van der Waals surface area contributed by atoms with E-state index < -0.39 is 23.9 Å². The van der Waals surface area contributed by atoms with Crippen LogP contribution in [0.5, 0.6) is 6.01 Å².